The molecule has 0 aromatic carbocycles. The molecule has 1 aliphatic carbocycles. The minimum atomic E-state index is -1.76. The van der Waals surface area contributed by atoms with Crippen molar-refractivity contribution in [2.24, 2.45) is 11.3 Å². The van der Waals surface area contributed by atoms with Gasteiger partial charge in [0.2, 0.25) is 0 Å². The smallest absolute Gasteiger partial charge is 0.192 e. The van der Waals surface area contributed by atoms with Crippen LogP contribution in [0.3, 0.4) is 0 Å². The first-order valence-corrected chi connectivity index (χ1v) is 10.3. The number of aliphatic hydroxyl groups excluding tert-OH is 1. The van der Waals surface area contributed by atoms with Crippen LogP contribution in [0.5, 0.6) is 0 Å². The van der Waals surface area contributed by atoms with Crippen molar-refractivity contribution < 1.29 is 9.53 Å². The molecule has 2 atom stereocenters. The van der Waals surface area contributed by atoms with E-state index in [-0.39, 0.29) is 29.1 Å². The Labute approximate surface area is 120 Å². The third-order valence-electron chi connectivity index (χ3n) is 5.36. The van der Waals surface area contributed by atoms with E-state index in [0.29, 0.717) is 0 Å². The molecule has 19 heavy (non-hydrogen) atoms. The van der Waals surface area contributed by atoms with E-state index in [1.807, 2.05) is 0 Å². The fourth-order valence-electron chi connectivity index (χ4n) is 2.66. The predicted octanol–water partition coefficient (Wildman–Crippen LogP) is 4.36. The number of hydrogen-bond acceptors (Lipinski definition) is 2. The van der Waals surface area contributed by atoms with Crippen molar-refractivity contribution in [3.8, 4) is 0 Å². The van der Waals surface area contributed by atoms with Crippen LogP contribution in [0.15, 0.2) is 11.6 Å². The molecule has 0 saturated carbocycles. The maximum Gasteiger partial charge on any atom is 0.192 e. The molecule has 0 bridgehead atoms. The van der Waals surface area contributed by atoms with Crippen LogP contribution in [-0.2, 0) is 4.43 Å². The van der Waals surface area contributed by atoms with Gasteiger partial charge in [-0.15, -0.1) is 0 Å². The summed E-state index contributed by atoms with van der Waals surface area (Å²) in [4.78, 5) is 0. The van der Waals surface area contributed by atoms with Crippen molar-refractivity contribution in [2.45, 2.75) is 72.2 Å². The van der Waals surface area contributed by atoms with E-state index < -0.39 is 8.32 Å². The average molecular weight is 285 g/mol. The molecular weight excluding hydrogens is 252 g/mol. The summed E-state index contributed by atoms with van der Waals surface area (Å²) in [6, 6.07) is 0. The van der Waals surface area contributed by atoms with Gasteiger partial charge in [0.05, 0.1) is 12.7 Å². The fraction of sp³-hybridized carbons (Fsp3) is 0.875. The maximum atomic E-state index is 9.69. The fourth-order valence-corrected chi connectivity index (χ4v) is 4.13. The Morgan fingerprint density at radius 3 is 2.32 bits per heavy atom. The van der Waals surface area contributed by atoms with Crippen molar-refractivity contribution >= 4 is 8.32 Å². The topological polar surface area (TPSA) is 29.5 Å². The molecular formula is C16H32O2Si. The van der Waals surface area contributed by atoms with Gasteiger partial charge in [-0.1, -0.05) is 46.3 Å². The highest BCUT2D eigenvalue weighted by atomic mass is 28.4. The van der Waals surface area contributed by atoms with Gasteiger partial charge in [0, 0.05) is 5.92 Å². The molecule has 0 fully saturated rings. The lowest BCUT2D eigenvalue weighted by molar-refractivity contribution is 0.00102. The van der Waals surface area contributed by atoms with Crippen LogP contribution in [0.2, 0.25) is 18.1 Å². The lowest BCUT2D eigenvalue weighted by Crippen LogP contribution is -2.51. The molecule has 0 spiro atoms. The normalized spacial score (nSPS) is 28.2. The lowest BCUT2D eigenvalue weighted by Gasteiger charge is -2.49. The molecule has 1 aliphatic rings. The van der Waals surface area contributed by atoms with E-state index in [0.717, 1.165) is 6.42 Å². The van der Waals surface area contributed by atoms with Crippen LogP contribution in [0.4, 0.5) is 0 Å². The molecule has 0 aliphatic heterocycles. The molecule has 0 radical (unpaired) electrons. The summed E-state index contributed by atoms with van der Waals surface area (Å²) in [7, 11) is -1.76. The number of rotatable bonds is 3. The van der Waals surface area contributed by atoms with E-state index >= 15 is 0 Å². The van der Waals surface area contributed by atoms with Gasteiger partial charge in [0.15, 0.2) is 8.32 Å². The van der Waals surface area contributed by atoms with Crippen molar-refractivity contribution in [1.29, 1.82) is 0 Å². The molecule has 3 heteroatoms. The van der Waals surface area contributed by atoms with E-state index in [4.69, 9.17) is 4.43 Å². The zero-order valence-corrected chi connectivity index (χ0v) is 15.0. The highest BCUT2D eigenvalue weighted by molar-refractivity contribution is 6.74. The largest absolute Gasteiger partial charge is 0.413 e. The third-order valence-corrected chi connectivity index (χ3v) is 9.84. The molecule has 0 heterocycles. The van der Waals surface area contributed by atoms with Gasteiger partial charge in [0.25, 0.3) is 0 Å². The zero-order chi connectivity index (χ0) is 15.1. The zero-order valence-electron chi connectivity index (χ0n) is 14.0. The van der Waals surface area contributed by atoms with Crippen molar-refractivity contribution in [1.82, 2.24) is 0 Å². The Hall–Kier alpha value is -0.123. The summed E-state index contributed by atoms with van der Waals surface area (Å²) < 4.78 is 6.62. The first-order chi connectivity index (χ1) is 8.43. The number of hydrogen-bond donors (Lipinski definition) is 1. The van der Waals surface area contributed by atoms with Crippen LogP contribution >= 0.6 is 0 Å². The SMILES string of the molecule is CC1=CC[C@H](O[Si](C)(C)C(C)(C)C)C(C)(C)[C@@H]1CO. The highest BCUT2D eigenvalue weighted by Gasteiger charge is 2.46. The molecule has 1 rings (SSSR count). The first-order valence-electron chi connectivity index (χ1n) is 7.39. The highest BCUT2D eigenvalue weighted by Crippen LogP contribution is 2.46. The molecule has 0 aromatic rings. The first kappa shape index (κ1) is 16.9. The summed E-state index contributed by atoms with van der Waals surface area (Å²) in [5.41, 5.74) is 1.31. The van der Waals surface area contributed by atoms with Crippen molar-refractivity contribution in [3.05, 3.63) is 11.6 Å². The Kier molecular flexibility index (Phi) is 4.76. The van der Waals surface area contributed by atoms with E-state index in [2.05, 4.69) is 60.7 Å². The Bertz CT molecular complexity index is 350. The molecule has 0 saturated heterocycles. The van der Waals surface area contributed by atoms with Crippen LogP contribution in [0.1, 0.15) is 48.0 Å². The minimum absolute atomic E-state index is 0.00308. The van der Waals surface area contributed by atoms with Gasteiger partial charge in [-0.2, -0.15) is 0 Å². The second-order valence-corrected chi connectivity index (χ2v) is 12.9. The Morgan fingerprint density at radius 2 is 1.89 bits per heavy atom. The second kappa shape index (κ2) is 5.34. The molecule has 0 amide bonds. The lowest BCUT2D eigenvalue weighted by atomic mass is 9.67. The summed E-state index contributed by atoms with van der Waals surface area (Å²) in [6.45, 7) is 18.3. The Balaban J connectivity index is 2.97. The third kappa shape index (κ3) is 3.31. The average Bonchev–Trinajstić information content (AvgIpc) is 2.21. The van der Waals surface area contributed by atoms with Gasteiger partial charge >= 0.3 is 0 Å². The quantitative estimate of drug-likeness (QED) is 0.616. The van der Waals surface area contributed by atoms with Gasteiger partial charge in [0.1, 0.15) is 0 Å². The van der Waals surface area contributed by atoms with Gasteiger partial charge < -0.3 is 9.53 Å². The second-order valence-electron chi connectivity index (χ2n) is 8.11. The van der Waals surface area contributed by atoms with Gasteiger partial charge in [-0.3, -0.25) is 0 Å². The van der Waals surface area contributed by atoms with Crippen LogP contribution in [0.25, 0.3) is 0 Å². The van der Waals surface area contributed by atoms with Gasteiger partial charge in [-0.25, -0.2) is 0 Å². The summed E-state index contributed by atoms with van der Waals surface area (Å²) >= 11 is 0. The van der Waals surface area contributed by atoms with Gasteiger partial charge in [-0.05, 0) is 36.9 Å². The van der Waals surface area contributed by atoms with Crippen molar-refractivity contribution in [3.63, 3.8) is 0 Å². The van der Waals surface area contributed by atoms with E-state index in [1.54, 1.807) is 0 Å². The summed E-state index contributed by atoms with van der Waals surface area (Å²) in [6.07, 6.45) is 3.44. The Morgan fingerprint density at radius 1 is 1.37 bits per heavy atom. The van der Waals surface area contributed by atoms with Crippen molar-refractivity contribution in [2.75, 3.05) is 6.61 Å². The number of aliphatic hydroxyl groups is 1. The molecule has 1 N–H and O–H groups in total. The molecule has 112 valence electrons. The van der Waals surface area contributed by atoms with E-state index in [1.165, 1.54) is 5.57 Å². The van der Waals surface area contributed by atoms with Crippen LogP contribution < -0.4 is 0 Å². The standard InChI is InChI=1S/C16H32O2Si/c1-12-9-10-14(16(5,6)13(12)11-17)18-19(7,8)15(2,3)4/h9,13-14,17H,10-11H2,1-8H3/t13-,14+/m1/s1. The van der Waals surface area contributed by atoms with Crippen LogP contribution in [0, 0.1) is 11.3 Å². The maximum absolute atomic E-state index is 9.69. The molecule has 0 unspecified atom stereocenters. The minimum Gasteiger partial charge on any atom is -0.413 e. The van der Waals surface area contributed by atoms with Crippen LogP contribution in [-0.4, -0.2) is 26.1 Å². The molecule has 0 aromatic heterocycles. The predicted molar refractivity (Wildman–Crippen MR) is 84.8 cm³/mol. The van der Waals surface area contributed by atoms with E-state index in [9.17, 15) is 5.11 Å². The monoisotopic (exact) mass is 284 g/mol. The molecule has 2 nitrogen and oxygen atoms in total. The summed E-state index contributed by atoms with van der Waals surface area (Å²) in [5, 5.41) is 9.92. The summed E-state index contributed by atoms with van der Waals surface area (Å²) in [5.74, 6) is 0.219.